The summed E-state index contributed by atoms with van der Waals surface area (Å²) < 4.78 is 5.20. The van der Waals surface area contributed by atoms with Crippen LogP contribution in [0.4, 0.5) is 0 Å². The van der Waals surface area contributed by atoms with Gasteiger partial charge in [0.1, 0.15) is 12.3 Å². The van der Waals surface area contributed by atoms with Gasteiger partial charge in [-0.15, -0.1) is 0 Å². The first-order chi connectivity index (χ1) is 8.13. The second-order valence-electron chi connectivity index (χ2n) is 3.47. The summed E-state index contributed by atoms with van der Waals surface area (Å²) in [5.41, 5.74) is 0.784. The molecule has 0 heterocycles. The first-order valence-corrected chi connectivity index (χ1v) is 5.18. The molecule has 0 fully saturated rings. The van der Waals surface area contributed by atoms with E-state index < -0.39 is 6.10 Å². The number of amides is 1. The van der Waals surface area contributed by atoms with Gasteiger partial charge in [-0.05, 0) is 24.6 Å². The molecule has 5 nitrogen and oxygen atoms in total. The number of nitriles is 1. The van der Waals surface area contributed by atoms with Crippen molar-refractivity contribution in [3.8, 4) is 11.8 Å². The van der Waals surface area contributed by atoms with E-state index >= 15 is 0 Å². The number of nitrogens with one attached hydrogen (secondary N) is 1. The average Bonchev–Trinajstić information content (AvgIpc) is 2.34. The fraction of sp³-hybridized carbons (Fsp3) is 0.333. The van der Waals surface area contributed by atoms with Crippen molar-refractivity contribution in [1.82, 2.24) is 5.32 Å². The molecule has 1 aromatic rings. The summed E-state index contributed by atoms with van der Waals surface area (Å²) in [6.07, 6.45) is -0.525. The zero-order valence-electron chi connectivity index (χ0n) is 9.51. The Balaban J connectivity index is 2.42. The van der Waals surface area contributed by atoms with Gasteiger partial charge in [-0.3, -0.25) is 4.79 Å². The molecule has 0 spiro atoms. The lowest BCUT2D eigenvalue weighted by Crippen LogP contribution is -2.28. The van der Waals surface area contributed by atoms with Crippen LogP contribution in [0.25, 0.3) is 0 Å². The number of aliphatic hydroxyl groups is 1. The number of ether oxygens (including phenoxy) is 1. The summed E-state index contributed by atoms with van der Waals surface area (Å²) in [5, 5.41) is 19.9. The second-order valence-corrected chi connectivity index (χ2v) is 3.47. The Morgan fingerprint density at radius 3 is 2.71 bits per heavy atom. The van der Waals surface area contributed by atoms with Crippen LogP contribution in [0.3, 0.4) is 0 Å². The van der Waals surface area contributed by atoms with Crippen LogP contribution < -0.4 is 10.1 Å². The molecule has 5 heteroatoms. The zero-order chi connectivity index (χ0) is 12.7. The van der Waals surface area contributed by atoms with E-state index in [1.807, 2.05) is 0 Å². The number of hydrogen-bond acceptors (Lipinski definition) is 4. The van der Waals surface area contributed by atoms with Crippen molar-refractivity contribution in [2.45, 2.75) is 13.0 Å². The summed E-state index contributed by atoms with van der Waals surface area (Å²) in [5.74, 6) is 0.202. The van der Waals surface area contributed by atoms with Crippen molar-refractivity contribution < 1.29 is 14.6 Å². The molecule has 0 bridgehead atoms. The van der Waals surface area contributed by atoms with Crippen molar-refractivity contribution in [3.63, 3.8) is 0 Å². The maximum Gasteiger partial charge on any atom is 0.258 e. The third-order valence-corrected chi connectivity index (χ3v) is 2.10. The fourth-order valence-corrected chi connectivity index (χ4v) is 1.18. The minimum atomic E-state index is -0.525. The van der Waals surface area contributed by atoms with Gasteiger partial charge in [-0.2, -0.15) is 5.26 Å². The lowest BCUT2D eigenvalue weighted by Gasteiger charge is -2.08. The van der Waals surface area contributed by atoms with Gasteiger partial charge in [0.25, 0.3) is 5.91 Å². The summed E-state index contributed by atoms with van der Waals surface area (Å²) in [7, 11) is 0. The molecule has 1 amide bonds. The largest absolute Gasteiger partial charge is 0.484 e. The fourth-order valence-electron chi connectivity index (χ4n) is 1.18. The van der Waals surface area contributed by atoms with Crippen LogP contribution in [0, 0.1) is 11.3 Å². The standard InChI is InChI=1S/C12H14N2O3/c1-9(15)10-2-4-11(5-3-10)17-8-12(16)14-7-6-13/h2-5,9,15H,7-8H2,1H3,(H,14,16)/t9-/m0/s1. The highest BCUT2D eigenvalue weighted by Crippen LogP contribution is 2.16. The van der Waals surface area contributed by atoms with E-state index in [4.69, 9.17) is 10.00 Å². The van der Waals surface area contributed by atoms with Crippen LogP contribution in [-0.4, -0.2) is 24.2 Å². The third kappa shape index (κ3) is 4.53. The molecule has 0 radical (unpaired) electrons. The topological polar surface area (TPSA) is 82.3 Å². The molecule has 1 aromatic carbocycles. The first-order valence-electron chi connectivity index (χ1n) is 5.18. The van der Waals surface area contributed by atoms with Crippen molar-refractivity contribution >= 4 is 5.91 Å². The molecule has 0 unspecified atom stereocenters. The van der Waals surface area contributed by atoms with Crippen LogP contribution in [0.15, 0.2) is 24.3 Å². The van der Waals surface area contributed by atoms with Crippen molar-refractivity contribution in [3.05, 3.63) is 29.8 Å². The van der Waals surface area contributed by atoms with E-state index in [-0.39, 0.29) is 19.1 Å². The van der Waals surface area contributed by atoms with Crippen LogP contribution in [-0.2, 0) is 4.79 Å². The normalized spacial score (nSPS) is 11.4. The molecule has 0 aromatic heterocycles. The van der Waals surface area contributed by atoms with E-state index in [9.17, 15) is 9.90 Å². The SMILES string of the molecule is C[C@H](O)c1ccc(OCC(=O)NCC#N)cc1. The number of hydrogen-bond donors (Lipinski definition) is 2. The van der Waals surface area contributed by atoms with Crippen LogP contribution in [0.2, 0.25) is 0 Å². The monoisotopic (exact) mass is 234 g/mol. The van der Waals surface area contributed by atoms with Gasteiger partial charge in [-0.1, -0.05) is 12.1 Å². The first kappa shape index (κ1) is 13.0. The number of carbonyl (C=O) groups is 1. The molecule has 0 aliphatic rings. The van der Waals surface area contributed by atoms with E-state index in [1.54, 1.807) is 37.3 Å². The number of aliphatic hydroxyl groups excluding tert-OH is 1. The number of benzene rings is 1. The molecule has 0 saturated carbocycles. The lowest BCUT2D eigenvalue weighted by atomic mass is 10.1. The molecule has 0 saturated heterocycles. The molecule has 17 heavy (non-hydrogen) atoms. The third-order valence-electron chi connectivity index (χ3n) is 2.10. The van der Waals surface area contributed by atoms with Crippen LogP contribution >= 0.6 is 0 Å². The zero-order valence-corrected chi connectivity index (χ0v) is 9.51. The van der Waals surface area contributed by atoms with Gasteiger partial charge < -0.3 is 15.2 Å². The number of rotatable bonds is 5. The van der Waals surface area contributed by atoms with Gasteiger partial charge in [0, 0.05) is 0 Å². The second kappa shape index (κ2) is 6.51. The van der Waals surface area contributed by atoms with Gasteiger partial charge >= 0.3 is 0 Å². The molecule has 90 valence electrons. The summed E-state index contributed by atoms with van der Waals surface area (Å²) in [6, 6.07) is 8.62. The van der Waals surface area contributed by atoms with Gasteiger partial charge in [0.15, 0.2) is 6.61 Å². The molecule has 0 aliphatic heterocycles. The van der Waals surface area contributed by atoms with E-state index in [0.29, 0.717) is 5.75 Å². The molecular formula is C12H14N2O3. The van der Waals surface area contributed by atoms with Gasteiger partial charge in [0.05, 0.1) is 12.2 Å². The highest BCUT2D eigenvalue weighted by molar-refractivity contribution is 5.77. The molecule has 1 atom stereocenters. The minimum absolute atomic E-state index is 0.0246. The van der Waals surface area contributed by atoms with Crippen LogP contribution in [0.5, 0.6) is 5.75 Å². The molecule has 1 rings (SSSR count). The Bertz CT molecular complexity index is 407. The van der Waals surface area contributed by atoms with Crippen molar-refractivity contribution in [1.29, 1.82) is 5.26 Å². The Hall–Kier alpha value is -2.06. The quantitative estimate of drug-likeness (QED) is 0.737. The Labute approximate surface area is 99.6 Å². The predicted octanol–water partition coefficient (Wildman–Crippen LogP) is 0.758. The number of nitrogens with zero attached hydrogens (tertiary/aromatic N) is 1. The lowest BCUT2D eigenvalue weighted by molar-refractivity contribution is -0.122. The minimum Gasteiger partial charge on any atom is -0.484 e. The highest BCUT2D eigenvalue weighted by Gasteiger charge is 2.03. The maximum atomic E-state index is 11.1. The number of carbonyl (C=O) groups excluding carboxylic acids is 1. The summed E-state index contributed by atoms with van der Waals surface area (Å²) in [6.45, 7) is 1.52. The highest BCUT2D eigenvalue weighted by atomic mass is 16.5. The molecular weight excluding hydrogens is 220 g/mol. The maximum absolute atomic E-state index is 11.1. The molecule has 2 N–H and O–H groups in total. The van der Waals surface area contributed by atoms with E-state index in [0.717, 1.165) is 5.56 Å². The van der Waals surface area contributed by atoms with Gasteiger partial charge in [-0.25, -0.2) is 0 Å². The smallest absolute Gasteiger partial charge is 0.258 e. The Kier molecular flexibility index (Phi) is 4.98. The van der Waals surface area contributed by atoms with E-state index in [1.165, 1.54) is 0 Å². The predicted molar refractivity (Wildman–Crippen MR) is 61.2 cm³/mol. The molecule has 0 aliphatic carbocycles. The van der Waals surface area contributed by atoms with Crippen molar-refractivity contribution in [2.24, 2.45) is 0 Å². The van der Waals surface area contributed by atoms with E-state index in [2.05, 4.69) is 5.32 Å². The average molecular weight is 234 g/mol. The Morgan fingerprint density at radius 1 is 1.53 bits per heavy atom. The summed E-state index contributed by atoms with van der Waals surface area (Å²) in [4.78, 5) is 11.1. The van der Waals surface area contributed by atoms with Crippen molar-refractivity contribution in [2.75, 3.05) is 13.2 Å². The summed E-state index contributed by atoms with van der Waals surface area (Å²) >= 11 is 0. The Morgan fingerprint density at radius 2 is 2.18 bits per heavy atom. The van der Waals surface area contributed by atoms with Crippen LogP contribution in [0.1, 0.15) is 18.6 Å². The van der Waals surface area contributed by atoms with Gasteiger partial charge in [0.2, 0.25) is 0 Å².